The van der Waals surface area contributed by atoms with E-state index >= 15 is 0 Å². The third kappa shape index (κ3) is 4.32. The Hall–Kier alpha value is -2.87. The van der Waals surface area contributed by atoms with Crippen LogP contribution in [0.2, 0.25) is 0 Å². The predicted octanol–water partition coefficient (Wildman–Crippen LogP) is 5.08. The van der Waals surface area contributed by atoms with Gasteiger partial charge in [-0.05, 0) is 23.6 Å². The Morgan fingerprint density at radius 1 is 0.750 bits per heavy atom. The molecule has 0 N–H and O–H groups in total. The van der Waals surface area contributed by atoms with Crippen molar-refractivity contribution in [1.82, 2.24) is 0 Å². The van der Waals surface area contributed by atoms with Crippen molar-refractivity contribution in [3.63, 3.8) is 0 Å². The summed E-state index contributed by atoms with van der Waals surface area (Å²) in [4.78, 5) is 12.3. The summed E-state index contributed by atoms with van der Waals surface area (Å²) in [5, 5.41) is 0. The van der Waals surface area contributed by atoms with Crippen molar-refractivity contribution in [2.45, 2.75) is 19.4 Å². The first-order valence-corrected chi connectivity index (χ1v) is 8.16. The monoisotopic (exact) mass is 316 g/mol. The highest BCUT2D eigenvalue weighted by Crippen LogP contribution is 2.21. The Kier molecular flexibility index (Phi) is 5.41. The fraction of sp³-hybridized carbons (Fsp3) is 0.136. The number of aryl methyl sites for hydroxylation is 1. The summed E-state index contributed by atoms with van der Waals surface area (Å²) in [6, 6.07) is 27.4. The zero-order valence-electron chi connectivity index (χ0n) is 13.5. The Morgan fingerprint density at radius 3 is 2.12 bits per heavy atom. The number of rotatable bonds is 7. The van der Waals surface area contributed by atoms with Crippen LogP contribution in [-0.2, 0) is 13.0 Å². The minimum atomic E-state index is 0.161. The summed E-state index contributed by atoms with van der Waals surface area (Å²) in [7, 11) is 0. The quantitative estimate of drug-likeness (QED) is 0.568. The summed E-state index contributed by atoms with van der Waals surface area (Å²) >= 11 is 0. The zero-order chi connectivity index (χ0) is 16.6. The minimum Gasteiger partial charge on any atom is -0.489 e. The first-order valence-electron chi connectivity index (χ1n) is 8.16. The van der Waals surface area contributed by atoms with Gasteiger partial charge in [0, 0.05) is 12.0 Å². The van der Waals surface area contributed by atoms with E-state index in [4.69, 9.17) is 4.74 Å². The number of Topliss-reactive ketones (excluding diaryl/α,β-unsaturated/α-hetero) is 1. The fourth-order valence-corrected chi connectivity index (χ4v) is 2.60. The maximum Gasteiger partial charge on any atom is 0.163 e. The maximum atomic E-state index is 12.3. The molecule has 0 saturated carbocycles. The molecule has 0 atom stereocenters. The summed E-state index contributed by atoms with van der Waals surface area (Å²) in [6.45, 7) is 0.532. The molecule has 3 rings (SSSR count). The Bertz CT molecular complexity index is 779. The molecule has 0 aliphatic rings. The number of benzene rings is 3. The minimum absolute atomic E-state index is 0.161. The molecule has 2 nitrogen and oxygen atoms in total. The van der Waals surface area contributed by atoms with Gasteiger partial charge in [0.15, 0.2) is 5.78 Å². The van der Waals surface area contributed by atoms with Crippen LogP contribution in [0.5, 0.6) is 5.75 Å². The summed E-state index contributed by atoms with van der Waals surface area (Å²) < 4.78 is 5.95. The average molecular weight is 316 g/mol. The highest BCUT2D eigenvalue weighted by molar-refractivity contribution is 5.96. The van der Waals surface area contributed by atoms with Crippen LogP contribution < -0.4 is 4.74 Å². The molecule has 0 spiro atoms. The maximum absolute atomic E-state index is 12.3. The summed E-state index contributed by atoms with van der Waals surface area (Å²) in [6.07, 6.45) is 1.16. The Labute approximate surface area is 142 Å². The number of carbonyl (C=O) groups excluding carboxylic acids is 1. The molecule has 0 fully saturated rings. The van der Waals surface area contributed by atoms with Gasteiger partial charge in [0.2, 0.25) is 0 Å². The highest BCUT2D eigenvalue weighted by Gasteiger charge is 2.09. The topological polar surface area (TPSA) is 26.3 Å². The second kappa shape index (κ2) is 8.11. The average Bonchev–Trinajstić information content (AvgIpc) is 2.66. The molecule has 0 aliphatic carbocycles. The highest BCUT2D eigenvalue weighted by atomic mass is 16.5. The van der Waals surface area contributed by atoms with Crippen LogP contribution in [0, 0.1) is 0 Å². The lowest BCUT2D eigenvalue weighted by Gasteiger charge is -2.11. The van der Waals surface area contributed by atoms with E-state index in [2.05, 4.69) is 0 Å². The van der Waals surface area contributed by atoms with Gasteiger partial charge >= 0.3 is 0 Å². The van der Waals surface area contributed by atoms with E-state index < -0.39 is 0 Å². The third-order valence-electron chi connectivity index (χ3n) is 3.93. The molecule has 0 bridgehead atoms. The lowest BCUT2D eigenvalue weighted by molar-refractivity contribution is 0.0982. The molecule has 2 heteroatoms. The molecule has 3 aromatic rings. The normalized spacial score (nSPS) is 10.3. The number of hydrogen-bond donors (Lipinski definition) is 0. The second-order valence-electron chi connectivity index (χ2n) is 5.67. The summed E-state index contributed by atoms with van der Waals surface area (Å²) in [5.41, 5.74) is 2.96. The molecule has 24 heavy (non-hydrogen) atoms. The standard InChI is InChI=1S/C22H20O2/c23-21(19-11-5-2-6-12-19)16-15-20-13-7-8-14-22(20)24-17-18-9-3-1-4-10-18/h1-14H,15-17H2. The van der Waals surface area contributed by atoms with E-state index in [0.29, 0.717) is 19.4 Å². The van der Waals surface area contributed by atoms with E-state index in [1.807, 2.05) is 84.9 Å². The van der Waals surface area contributed by atoms with Gasteiger partial charge in [-0.2, -0.15) is 0 Å². The van der Waals surface area contributed by atoms with Gasteiger partial charge in [-0.1, -0.05) is 78.9 Å². The van der Waals surface area contributed by atoms with Crippen molar-refractivity contribution in [1.29, 1.82) is 0 Å². The lowest BCUT2D eigenvalue weighted by atomic mass is 10.0. The van der Waals surface area contributed by atoms with Gasteiger partial charge in [-0.25, -0.2) is 0 Å². The number of para-hydroxylation sites is 1. The first-order chi connectivity index (χ1) is 11.8. The first kappa shape index (κ1) is 16.0. The second-order valence-corrected chi connectivity index (χ2v) is 5.67. The summed E-state index contributed by atoms with van der Waals surface area (Å²) in [5.74, 6) is 1.01. The van der Waals surface area contributed by atoms with Crippen LogP contribution in [0.3, 0.4) is 0 Å². The lowest BCUT2D eigenvalue weighted by Crippen LogP contribution is -2.03. The van der Waals surface area contributed by atoms with Crippen LogP contribution >= 0.6 is 0 Å². The molecule has 3 aromatic carbocycles. The largest absolute Gasteiger partial charge is 0.489 e. The molecule has 0 heterocycles. The van der Waals surface area contributed by atoms with Crippen molar-refractivity contribution in [2.24, 2.45) is 0 Å². The van der Waals surface area contributed by atoms with Gasteiger partial charge in [0.05, 0.1) is 0 Å². The molecule has 0 aliphatic heterocycles. The van der Waals surface area contributed by atoms with E-state index in [9.17, 15) is 4.79 Å². The Balaban J connectivity index is 1.63. The van der Waals surface area contributed by atoms with Crippen LogP contribution in [-0.4, -0.2) is 5.78 Å². The van der Waals surface area contributed by atoms with Crippen molar-refractivity contribution in [3.05, 3.63) is 102 Å². The zero-order valence-corrected chi connectivity index (χ0v) is 13.5. The van der Waals surface area contributed by atoms with Crippen LogP contribution in [0.4, 0.5) is 0 Å². The van der Waals surface area contributed by atoms with E-state index in [1.54, 1.807) is 0 Å². The Morgan fingerprint density at radius 2 is 1.38 bits per heavy atom. The third-order valence-corrected chi connectivity index (χ3v) is 3.93. The number of carbonyl (C=O) groups is 1. The number of hydrogen-bond acceptors (Lipinski definition) is 2. The molecule has 0 unspecified atom stereocenters. The van der Waals surface area contributed by atoms with Crippen molar-refractivity contribution in [2.75, 3.05) is 0 Å². The van der Waals surface area contributed by atoms with Gasteiger partial charge < -0.3 is 4.74 Å². The van der Waals surface area contributed by atoms with Crippen LogP contribution in [0.1, 0.15) is 27.9 Å². The molecular formula is C22H20O2. The molecule has 0 amide bonds. The predicted molar refractivity (Wildman–Crippen MR) is 96.3 cm³/mol. The van der Waals surface area contributed by atoms with E-state index in [1.165, 1.54) is 0 Å². The molecule has 120 valence electrons. The van der Waals surface area contributed by atoms with Crippen molar-refractivity contribution >= 4 is 5.78 Å². The SMILES string of the molecule is O=C(CCc1ccccc1OCc1ccccc1)c1ccccc1. The van der Waals surface area contributed by atoms with Gasteiger partial charge in [0.25, 0.3) is 0 Å². The number of ether oxygens (including phenoxy) is 1. The van der Waals surface area contributed by atoms with Gasteiger partial charge in [-0.3, -0.25) is 4.79 Å². The van der Waals surface area contributed by atoms with Crippen LogP contribution in [0.15, 0.2) is 84.9 Å². The van der Waals surface area contributed by atoms with Crippen molar-refractivity contribution in [3.8, 4) is 5.75 Å². The van der Waals surface area contributed by atoms with Crippen LogP contribution in [0.25, 0.3) is 0 Å². The van der Waals surface area contributed by atoms with E-state index in [0.717, 1.165) is 22.4 Å². The molecule has 0 radical (unpaired) electrons. The molecule has 0 aromatic heterocycles. The van der Waals surface area contributed by atoms with E-state index in [-0.39, 0.29) is 5.78 Å². The molecular weight excluding hydrogens is 296 g/mol. The van der Waals surface area contributed by atoms with Gasteiger partial charge in [-0.15, -0.1) is 0 Å². The van der Waals surface area contributed by atoms with Gasteiger partial charge in [0.1, 0.15) is 12.4 Å². The fourth-order valence-electron chi connectivity index (χ4n) is 2.60. The number of ketones is 1. The van der Waals surface area contributed by atoms with Crippen molar-refractivity contribution < 1.29 is 9.53 Å². The smallest absolute Gasteiger partial charge is 0.163 e. The molecule has 0 saturated heterocycles.